The molecule has 3 aromatic carbocycles. The number of aromatic nitrogens is 1. The molecule has 0 saturated heterocycles. The maximum Gasteiger partial charge on any atom is 0.343 e. The van der Waals surface area contributed by atoms with Gasteiger partial charge in [-0.05, 0) is 43.3 Å². The summed E-state index contributed by atoms with van der Waals surface area (Å²) < 4.78 is 50.7. The van der Waals surface area contributed by atoms with Crippen molar-refractivity contribution >= 4 is 16.9 Å². The highest BCUT2D eigenvalue weighted by Gasteiger charge is 2.17. The third kappa shape index (κ3) is 3.22. The van der Waals surface area contributed by atoms with Crippen molar-refractivity contribution in [2.75, 3.05) is 0 Å². The van der Waals surface area contributed by atoms with Crippen LogP contribution in [0.2, 0.25) is 0 Å². The van der Waals surface area contributed by atoms with Gasteiger partial charge in [-0.25, -0.2) is 18.0 Å². The Morgan fingerprint density at radius 1 is 1.00 bits per heavy atom. The molecule has 0 N–H and O–H groups in total. The Labute approximate surface area is 157 Å². The zero-order valence-electron chi connectivity index (χ0n) is 14.5. The Balaban J connectivity index is 1.66. The summed E-state index contributed by atoms with van der Waals surface area (Å²) in [6.07, 6.45) is 0. The number of carbonyl (C=O) groups excluding carboxylic acids is 1. The minimum absolute atomic E-state index is 0.0275. The molecule has 0 atom stereocenters. The second-order valence-corrected chi connectivity index (χ2v) is 6.20. The number of ether oxygens (including phenoxy) is 1. The van der Waals surface area contributed by atoms with Crippen molar-refractivity contribution in [2.45, 2.75) is 6.92 Å². The molecule has 4 aromatic rings. The molecule has 140 valence electrons. The van der Waals surface area contributed by atoms with Crippen LogP contribution in [0.5, 0.6) is 5.75 Å². The first-order chi connectivity index (χ1) is 13.4. The van der Waals surface area contributed by atoms with Crippen LogP contribution in [-0.4, -0.2) is 11.1 Å². The summed E-state index contributed by atoms with van der Waals surface area (Å²) in [5.41, 5.74) is 1.73. The number of benzene rings is 3. The van der Waals surface area contributed by atoms with Gasteiger partial charge in [-0.1, -0.05) is 22.9 Å². The van der Waals surface area contributed by atoms with Gasteiger partial charge in [-0.15, -0.1) is 0 Å². The molecule has 28 heavy (non-hydrogen) atoms. The standard InChI is InChI=1S/C21H12F3NO3/c1-11-3-2-4-12(7-11)21(26)27-14-5-6-15-18(10-14)28-25-20(15)13-8-16(22)19(24)17(23)9-13/h2-10H,1H3. The van der Waals surface area contributed by atoms with E-state index in [4.69, 9.17) is 9.26 Å². The van der Waals surface area contributed by atoms with Gasteiger partial charge in [0.25, 0.3) is 0 Å². The molecule has 0 amide bonds. The molecule has 4 rings (SSSR count). The van der Waals surface area contributed by atoms with Crippen LogP contribution in [0, 0.1) is 24.4 Å². The van der Waals surface area contributed by atoms with Crippen LogP contribution in [0.15, 0.2) is 59.1 Å². The molecule has 0 bridgehead atoms. The van der Waals surface area contributed by atoms with Gasteiger partial charge in [0.15, 0.2) is 23.0 Å². The summed E-state index contributed by atoms with van der Waals surface area (Å²) in [5, 5.41) is 4.23. The molecule has 0 saturated carbocycles. The van der Waals surface area contributed by atoms with E-state index in [0.717, 1.165) is 17.7 Å². The molecule has 0 radical (unpaired) electrons. The summed E-state index contributed by atoms with van der Waals surface area (Å²) in [6.45, 7) is 1.86. The van der Waals surface area contributed by atoms with Crippen molar-refractivity contribution in [2.24, 2.45) is 0 Å². The summed E-state index contributed by atoms with van der Waals surface area (Å²) in [7, 11) is 0. The summed E-state index contributed by atoms with van der Waals surface area (Å²) in [4.78, 5) is 12.2. The first-order valence-electron chi connectivity index (χ1n) is 8.25. The van der Waals surface area contributed by atoms with E-state index < -0.39 is 23.4 Å². The van der Waals surface area contributed by atoms with Gasteiger partial charge in [0.05, 0.1) is 5.56 Å². The van der Waals surface area contributed by atoms with Gasteiger partial charge in [-0.2, -0.15) is 0 Å². The fourth-order valence-electron chi connectivity index (χ4n) is 2.82. The minimum Gasteiger partial charge on any atom is -0.423 e. The largest absolute Gasteiger partial charge is 0.423 e. The monoisotopic (exact) mass is 383 g/mol. The maximum atomic E-state index is 13.5. The number of carbonyl (C=O) groups is 1. The lowest BCUT2D eigenvalue weighted by Crippen LogP contribution is -2.08. The number of hydrogen-bond acceptors (Lipinski definition) is 4. The number of hydrogen-bond donors (Lipinski definition) is 0. The van der Waals surface area contributed by atoms with Crippen LogP contribution in [0.3, 0.4) is 0 Å². The van der Waals surface area contributed by atoms with E-state index in [1.54, 1.807) is 24.3 Å². The number of rotatable bonds is 3. The van der Waals surface area contributed by atoms with Gasteiger partial charge in [0.2, 0.25) is 0 Å². The van der Waals surface area contributed by atoms with Gasteiger partial charge < -0.3 is 9.26 Å². The van der Waals surface area contributed by atoms with Crippen LogP contribution in [-0.2, 0) is 0 Å². The number of aryl methyl sites for hydroxylation is 1. The smallest absolute Gasteiger partial charge is 0.343 e. The van der Waals surface area contributed by atoms with E-state index in [2.05, 4.69) is 5.16 Å². The molecule has 1 aromatic heterocycles. The van der Waals surface area contributed by atoms with Crippen LogP contribution >= 0.6 is 0 Å². The number of esters is 1. The Morgan fingerprint density at radius 2 is 1.75 bits per heavy atom. The van der Waals surface area contributed by atoms with Crippen LogP contribution in [0.1, 0.15) is 15.9 Å². The first kappa shape index (κ1) is 17.8. The van der Waals surface area contributed by atoms with Crippen molar-refractivity contribution in [3.63, 3.8) is 0 Å². The lowest BCUT2D eigenvalue weighted by Gasteiger charge is -2.05. The maximum absolute atomic E-state index is 13.5. The molecule has 0 spiro atoms. The SMILES string of the molecule is Cc1cccc(C(=O)Oc2ccc3c(-c4cc(F)c(F)c(F)c4)noc3c2)c1. The Morgan fingerprint density at radius 3 is 2.46 bits per heavy atom. The van der Waals surface area contributed by atoms with E-state index in [9.17, 15) is 18.0 Å². The van der Waals surface area contributed by atoms with Crippen molar-refractivity contribution in [3.05, 3.63) is 83.2 Å². The quantitative estimate of drug-likeness (QED) is 0.269. The highest BCUT2D eigenvalue weighted by molar-refractivity contribution is 5.94. The van der Waals surface area contributed by atoms with Crippen LogP contribution < -0.4 is 4.74 Å². The van der Waals surface area contributed by atoms with Crippen molar-refractivity contribution in [1.29, 1.82) is 0 Å². The van der Waals surface area contributed by atoms with E-state index in [1.807, 2.05) is 13.0 Å². The van der Waals surface area contributed by atoms with Crippen LogP contribution in [0.25, 0.3) is 22.2 Å². The van der Waals surface area contributed by atoms with E-state index >= 15 is 0 Å². The molecule has 0 aliphatic carbocycles. The highest BCUT2D eigenvalue weighted by Crippen LogP contribution is 2.32. The molecule has 7 heteroatoms. The molecule has 1 heterocycles. The normalized spacial score (nSPS) is 11.0. The average Bonchev–Trinajstić information content (AvgIpc) is 3.09. The van der Waals surface area contributed by atoms with E-state index in [0.29, 0.717) is 10.9 Å². The average molecular weight is 383 g/mol. The minimum atomic E-state index is -1.55. The molecular formula is C21H12F3NO3. The second kappa shape index (κ2) is 6.84. The molecule has 0 aliphatic rings. The summed E-state index contributed by atoms with van der Waals surface area (Å²) >= 11 is 0. The van der Waals surface area contributed by atoms with Gasteiger partial charge in [0.1, 0.15) is 11.4 Å². The fraction of sp³-hybridized carbons (Fsp3) is 0.0476. The van der Waals surface area contributed by atoms with E-state index in [-0.39, 0.29) is 22.6 Å². The zero-order valence-corrected chi connectivity index (χ0v) is 14.5. The van der Waals surface area contributed by atoms with Crippen molar-refractivity contribution in [1.82, 2.24) is 5.16 Å². The summed E-state index contributed by atoms with van der Waals surface area (Å²) in [6, 6.07) is 13.1. The Kier molecular flexibility index (Phi) is 4.35. The predicted octanol–water partition coefficient (Wildman–Crippen LogP) is 5.44. The molecule has 4 nitrogen and oxygen atoms in total. The van der Waals surface area contributed by atoms with Gasteiger partial charge in [-0.3, -0.25) is 0 Å². The lowest BCUT2D eigenvalue weighted by molar-refractivity contribution is 0.0735. The highest BCUT2D eigenvalue weighted by atomic mass is 19.2. The topological polar surface area (TPSA) is 52.3 Å². The molecular weight excluding hydrogens is 371 g/mol. The lowest BCUT2D eigenvalue weighted by atomic mass is 10.1. The van der Waals surface area contributed by atoms with E-state index in [1.165, 1.54) is 12.1 Å². The predicted molar refractivity (Wildman–Crippen MR) is 95.5 cm³/mol. The van der Waals surface area contributed by atoms with Crippen LogP contribution in [0.4, 0.5) is 13.2 Å². The molecule has 0 aliphatic heterocycles. The van der Waals surface area contributed by atoms with Gasteiger partial charge in [0, 0.05) is 17.0 Å². The Bertz CT molecular complexity index is 1190. The summed E-state index contributed by atoms with van der Waals surface area (Å²) in [5.74, 6) is -4.52. The first-order valence-corrected chi connectivity index (χ1v) is 8.25. The van der Waals surface area contributed by atoms with Gasteiger partial charge >= 0.3 is 5.97 Å². The number of halogens is 3. The Hall–Kier alpha value is -3.61. The third-order valence-corrected chi connectivity index (χ3v) is 4.17. The fourth-order valence-corrected chi connectivity index (χ4v) is 2.82. The van der Waals surface area contributed by atoms with Crippen molar-refractivity contribution < 1.29 is 27.2 Å². The number of nitrogens with zero attached hydrogens (tertiary/aromatic N) is 1. The number of fused-ring (bicyclic) bond motifs is 1. The zero-order chi connectivity index (χ0) is 19.8. The second-order valence-electron chi connectivity index (χ2n) is 6.20. The molecule has 0 unspecified atom stereocenters. The third-order valence-electron chi connectivity index (χ3n) is 4.17. The molecule has 0 fully saturated rings. The van der Waals surface area contributed by atoms with Crippen molar-refractivity contribution in [3.8, 4) is 17.0 Å².